The molecule has 19 heavy (non-hydrogen) atoms. The minimum atomic E-state index is 0.367. The Morgan fingerprint density at radius 3 is 2.79 bits per heavy atom. The van der Waals surface area contributed by atoms with Gasteiger partial charge in [0.05, 0.1) is 6.04 Å². The third kappa shape index (κ3) is 3.59. The topological polar surface area (TPSA) is 40.7 Å². The van der Waals surface area contributed by atoms with Crippen molar-refractivity contribution < 1.29 is 0 Å². The summed E-state index contributed by atoms with van der Waals surface area (Å²) >= 11 is 0. The van der Waals surface area contributed by atoms with E-state index in [0.717, 1.165) is 30.0 Å². The Labute approximate surface area is 117 Å². The minimum Gasteiger partial charge on any atom is -0.347 e. The number of nitrogens with one attached hydrogen (secondary N) is 2. The Bertz CT molecular complexity index is 358. The highest BCUT2D eigenvalue weighted by molar-refractivity contribution is 4.98. The Balaban J connectivity index is 2.05. The average Bonchev–Trinajstić information content (AvgIpc) is 2.89. The monoisotopic (exact) mass is 263 g/mol. The molecule has 0 aromatic carbocycles. The van der Waals surface area contributed by atoms with Crippen LogP contribution in [-0.4, -0.2) is 16.0 Å². The lowest BCUT2D eigenvalue weighted by Crippen LogP contribution is -2.44. The number of rotatable bonds is 5. The largest absolute Gasteiger partial charge is 0.347 e. The van der Waals surface area contributed by atoms with Gasteiger partial charge in [0.25, 0.3) is 0 Å². The number of imidazole rings is 1. The maximum absolute atomic E-state index is 4.42. The average molecular weight is 263 g/mol. The first-order valence-corrected chi connectivity index (χ1v) is 7.87. The summed E-state index contributed by atoms with van der Waals surface area (Å²) in [4.78, 5) is 7.68. The van der Waals surface area contributed by atoms with Crippen molar-refractivity contribution in [2.75, 3.05) is 0 Å². The molecule has 3 nitrogen and oxygen atoms in total. The molecule has 0 radical (unpaired) electrons. The molecule has 3 heteroatoms. The van der Waals surface area contributed by atoms with E-state index < -0.39 is 0 Å². The molecule has 1 aliphatic carbocycles. The first-order chi connectivity index (χ1) is 9.11. The summed E-state index contributed by atoms with van der Waals surface area (Å²) in [7, 11) is 0. The van der Waals surface area contributed by atoms with Gasteiger partial charge < -0.3 is 10.3 Å². The van der Waals surface area contributed by atoms with Gasteiger partial charge >= 0.3 is 0 Å². The SMILES string of the molecule is CCC(NC1CC(C)CCC1C(C)C)c1ncc[nH]1. The van der Waals surface area contributed by atoms with Crippen molar-refractivity contribution >= 4 is 0 Å². The third-order valence-corrected chi connectivity index (χ3v) is 4.70. The zero-order chi connectivity index (χ0) is 13.8. The highest BCUT2D eigenvalue weighted by Gasteiger charge is 2.32. The highest BCUT2D eigenvalue weighted by Crippen LogP contribution is 2.34. The lowest BCUT2D eigenvalue weighted by Gasteiger charge is -2.39. The fourth-order valence-corrected chi connectivity index (χ4v) is 3.51. The Morgan fingerprint density at radius 2 is 2.21 bits per heavy atom. The van der Waals surface area contributed by atoms with E-state index in [9.17, 15) is 0 Å². The molecule has 2 N–H and O–H groups in total. The molecule has 0 saturated heterocycles. The summed E-state index contributed by atoms with van der Waals surface area (Å²) in [6.45, 7) is 9.35. The normalized spacial score (nSPS) is 29.6. The van der Waals surface area contributed by atoms with Crippen LogP contribution in [0.15, 0.2) is 12.4 Å². The zero-order valence-electron chi connectivity index (χ0n) is 12.8. The Hall–Kier alpha value is -0.830. The summed E-state index contributed by atoms with van der Waals surface area (Å²) in [5.41, 5.74) is 0. The van der Waals surface area contributed by atoms with Crippen molar-refractivity contribution in [1.29, 1.82) is 0 Å². The maximum Gasteiger partial charge on any atom is 0.123 e. The second-order valence-electron chi connectivity index (χ2n) is 6.53. The standard InChI is InChI=1S/C16H29N3/c1-5-14(16-17-8-9-18-16)19-15-10-12(4)6-7-13(15)11(2)3/h8-9,11-15,19H,5-7,10H2,1-4H3,(H,17,18). The van der Waals surface area contributed by atoms with Gasteiger partial charge in [-0.1, -0.05) is 34.1 Å². The van der Waals surface area contributed by atoms with Crippen molar-refractivity contribution in [3.05, 3.63) is 18.2 Å². The quantitative estimate of drug-likeness (QED) is 0.845. The Morgan fingerprint density at radius 1 is 1.42 bits per heavy atom. The lowest BCUT2D eigenvalue weighted by atomic mass is 9.73. The first-order valence-electron chi connectivity index (χ1n) is 7.87. The summed E-state index contributed by atoms with van der Waals surface area (Å²) in [5, 5.41) is 3.88. The molecule has 0 bridgehead atoms. The summed E-state index contributed by atoms with van der Waals surface area (Å²) in [6.07, 6.45) is 8.92. The molecular formula is C16H29N3. The molecule has 0 aliphatic heterocycles. The molecule has 108 valence electrons. The van der Waals surface area contributed by atoms with Crippen LogP contribution in [0.4, 0.5) is 0 Å². The predicted octanol–water partition coefficient (Wildman–Crippen LogP) is 3.91. The fraction of sp³-hybridized carbons (Fsp3) is 0.812. The van der Waals surface area contributed by atoms with E-state index in [1.165, 1.54) is 19.3 Å². The minimum absolute atomic E-state index is 0.367. The molecule has 4 unspecified atom stereocenters. The fourth-order valence-electron chi connectivity index (χ4n) is 3.51. The molecule has 1 saturated carbocycles. The summed E-state index contributed by atoms with van der Waals surface area (Å²) in [6, 6.07) is 1.00. The summed E-state index contributed by atoms with van der Waals surface area (Å²) in [5.74, 6) is 3.50. The molecule has 4 atom stereocenters. The molecule has 2 rings (SSSR count). The van der Waals surface area contributed by atoms with E-state index in [0.29, 0.717) is 12.1 Å². The number of aromatic nitrogens is 2. The van der Waals surface area contributed by atoms with Crippen LogP contribution in [0.25, 0.3) is 0 Å². The highest BCUT2D eigenvalue weighted by atomic mass is 15.0. The molecule has 1 aromatic heterocycles. The number of aromatic amines is 1. The van der Waals surface area contributed by atoms with Gasteiger partial charge in [0.15, 0.2) is 0 Å². The van der Waals surface area contributed by atoms with E-state index in [-0.39, 0.29) is 0 Å². The van der Waals surface area contributed by atoms with Crippen molar-refractivity contribution in [3.63, 3.8) is 0 Å². The van der Waals surface area contributed by atoms with Gasteiger partial charge in [0, 0.05) is 18.4 Å². The molecule has 1 aliphatic rings. The van der Waals surface area contributed by atoms with Crippen LogP contribution in [0.2, 0.25) is 0 Å². The van der Waals surface area contributed by atoms with Crippen molar-refractivity contribution in [3.8, 4) is 0 Å². The predicted molar refractivity (Wildman–Crippen MR) is 79.9 cm³/mol. The van der Waals surface area contributed by atoms with E-state index in [2.05, 4.69) is 43.0 Å². The van der Waals surface area contributed by atoms with Crippen LogP contribution >= 0.6 is 0 Å². The Kier molecular flexibility index (Phi) is 5.03. The smallest absolute Gasteiger partial charge is 0.123 e. The second kappa shape index (κ2) is 6.56. The van der Waals surface area contributed by atoms with Crippen molar-refractivity contribution in [2.45, 2.75) is 65.5 Å². The van der Waals surface area contributed by atoms with Gasteiger partial charge in [0.1, 0.15) is 5.82 Å². The van der Waals surface area contributed by atoms with Gasteiger partial charge in [0.2, 0.25) is 0 Å². The van der Waals surface area contributed by atoms with Gasteiger partial charge in [-0.2, -0.15) is 0 Å². The van der Waals surface area contributed by atoms with Crippen molar-refractivity contribution in [1.82, 2.24) is 15.3 Å². The first kappa shape index (κ1) is 14.6. The van der Waals surface area contributed by atoms with Crippen LogP contribution in [0.1, 0.15) is 65.2 Å². The summed E-state index contributed by atoms with van der Waals surface area (Å²) < 4.78 is 0. The van der Waals surface area contributed by atoms with Crippen LogP contribution in [0.5, 0.6) is 0 Å². The van der Waals surface area contributed by atoms with Gasteiger partial charge in [-0.05, 0) is 37.0 Å². The molecule has 1 aromatic rings. The number of H-pyrrole nitrogens is 1. The molecular weight excluding hydrogens is 234 g/mol. The van der Waals surface area contributed by atoms with Crippen LogP contribution in [-0.2, 0) is 0 Å². The van der Waals surface area contributed by atoms with Crippen LogP contribution < -0.4 is 5.32 Å². The molecule has 1 fully saturated rings. The maximum atomic E-state index is 4.42. The number of hydrogen-bond donors (Lipinski definition) is 2. The van der Waals surface area contributed by atoms with E-state index in [1.807, 2.05) is 12.4 Å². The van der Waals surface area contributed by atoms with E-state index in [4.69, 9.17) is 0 Å². The third-order valence-electron chi connectivity index (χ3n) is 4.70. The number of nitrogens with zero attached hydrogens (tertiary/aromatic N) is 1. The number of hydrogen-bond acceptors (Lipinski definition) is 2. The molecule has 0 amide bonds. The van der Waals surface area contributed by atoms with Gasteiger partial charge in [-0.3, -0.25) is 0 Å². The van der Waals surface area contributed by atoms with Crippen molar-refractivity contribution in [2.24, 2.45) is 17.8 Å². The molecule has 0 spiro atoms. The van der Waals surface area contributed by atoms with Crippen LogP contribution in [0, 0.1) is 17.8 Å². The lowest BCUT2D eigenvalue weighted by molar-refractivity contribution is 0.156. The van der Waals surface area contributed by atoms with E-state index in [1.54, 1.807) is 0 Å². The van der Waals surface area contributed by atoms with E-state index >= 15 is 0 Å². The van der Waals surface area contributed by atoms with Gasteiger partial charge in [-0.15, -0.1) is 0 Å². The second-order valence-corrected chi connectivity index (χ2v) is 6.53. The van der Waals surface area contributed by atoms with Gasteiger partial charge in [-0.25, -0.2) is 4.98 Å². The van der Waals surface area contributed by atoms with Crippen LogP contribution in [0.3, 0.4) is 0 Å². The molecule has 1 heterocycles. The zero-order valence-corrected chi connectivity index (χ0v) is 12.8.